The van der Waals surface area contributed by atoms with E-state index in [2.05, 4.69) is 26.2 Å². The van der Waals surface area contributed by atoms with Crippen LogP contribution in [0.1, 0.15) is 21.5 Å². The molecule has 0 aliphatic heterocycles. The second-order valence-corrected chi connectivity index (χ2v) is 4.91. The van der Waals surface area contributed by atoms with Gasteiger partial charge in [0.15, 0.2) is 0 Å². The van der Waals surface area contributed by atoms with Gasteiger partial charge in [-0.1, -0.05) is 22.0 Å². The summed E-state index contributed by atoms with van der Waals surface area (Å²) < 4.78 is 1.02. The molecule has 1 aromatic heterocycles. The second-order valence-electron chi connectivity index (χ2n) is 3.99. The van der Waals surface area contributed by atoms with Gasteiger partial charge < -0.3 is 5.32 Å². The van der Waals surface area contributed by atoms with E-state index in [-0.39, 0.29) is 18.3 Å². The fourth-order valence-electron chi connectivity index (χ4n) is 1.61. The fourth-order valence-corrected chi connectivity index (χ4v) is 2.02. The van der Waals surface area contributed by atoms with E-state index in [1.165, 1.54) is 0 Å². The number of carbonyl (C=O) groups is 1. The molecule has 0 saturated carbocycles. The summed E-state index contributed by atoms with van der Waals surface area (Å²) in [5.74, 6) is -0.0863. The van der Waals surface area contributed by atoms with Gasteiger partial charge in [0, 0.05) is 29.0 Å². The molecule has 0 saturated heterocycles. The highest BCUT2D eigenvalue weighted by Gasteiger charge is 2.05. The van der Waals surface area contributed by atoms with Gasteiger partial charge in [-0.15, -0.1) is 12.4 Å². The van der Waals surface area contributed by atoms with Gasteiger partial charge in [-0.25, -0.2) is 0 Å². The van der Waals surface area contributed by atoms with Crippen LogP contribution in [0.2, 0.25) is 0 Å². The van der Waals surface area contributed by atoms with Crippen molar-refractivity contribution in [2.75, 3.05) is 0 Å². The minimum atomic E-state index is -0.0863. The molecule has 0 fully saturated rings. The molecular formula is C14H14BrClN2O. The van der Waals surface area contributed by atoms with Crippen molar-refractivity contribution in [3.8, 4) is 0 Å². The van der Waals surface area contributed by atoms with Gasteiger partial charge in [-0.05, 0) is 42.3 Å². The number of pyridine rings is 1. The largest absolute Gasteiger partial charge is 0.348 e. The van der Waals surface area contributed by atoms with Crippen LogP contribution < -0.4 is 5.32 Å². The molecule has 1 amide bonds. The Balaban J connectivity index is 0.00000180. The van der Waals surface area contributed by atoms with E-state index in [1.54, 1.807) is 24.5 Å². The highest BCUT2D eigenvalue weighted by atomic mass is 79.9. The van der Waals surface area contributed by atoms with Crippen molar-refractivity contribution in [3.05, 3.63) is 63.9 Å². The fraction of sp³-hybridized carbons (Fsp3) is 0.143. The van der Waals surface area contributed by atoms with Crippen molar-refractivity contribution in [1.29, 1.82) is 0 Å². The maximum absolute atomic E-state index is 11.9. The van der Waals surface area contributed by atoms with Crippen molar-refractivity contribution < 1.29 is 4.79 Å². The van der Waals surface area contributed by atoms with Crippen molar-refractivity contribution in [3.63, 3.8) is 0 Å². The SMILES string of the molecule is Cc1ccc(Br)cc1CNC(=O)c1ccncc1.Cl. The molecular weight excluding hydrogens is 328 g/mol. The summed E-state index contributed by atoms with van der Waals surface area (Å²) in [6.45, 7) is 2.55. The lowest BCUT2D eigenvalue weighted by Gasteiger charge is -2.08. The zero-order valence-corrected chi connectivity index (χ0v) is 12.8. The molecule has 1 heterocycles. The van der Waals surface area contributed by atoms with Crippen LogP contribution >= 0.6 is 28.3 Å². The number of aromatic nitrogens is 1. The van der Waals surface area contributed by atoms with E-state index >= 15 is 0 Å². The summed E-state index contributed by atoms with van der Waals surface area (Å²) in [6, 6.07) is 9.43. The summed E-state index contributed by atoms with van der Waals surface area (Å²) >= 11 is 3.43. The highest BCUT2D eigenvalue weighted by molar-refractivity contribution is 9.10. The minimum absolute atomic E-state index is 0. The molecule has 2 aromatic rings. The van der Waals surface area contributed by atoms with Gasteiger partial charge in [-0.2, -0.15) is 0 Å². The lowest BCUT2D eigenvalue weighted by atomic mass is 10.1. The number of aryl methyl sites for hydroxylation is 1. The number of halogens is 2. The molecule has 1 aromatic carbocycles. The Morgan fingerprint density at radius 3 is 2.63 bits per heavy atom. The lowest BCUT2D eigenvalue weighted by Crippen LogP contribution is -2.23. The minimum Gasteiger partial charge on any atom is -0.348 e. The second kappa shape index (κ2) is 7.26. The van der Waals surface area contributed by atoms with Crippen LogP contribution in [0.25, 0.3) is 0 Å². The predicted octanol–water partition coefficient (Wildman–Crippen LogP) is 3.50. The Bertz CT molecular complexity index is 561. The number of nitrogens with one attached hydrogen (secondary N) is 1. The van der Waals surface area contributed by atoms with Crippen molar-refractivity contribution >= 4 is 34.2 Å². The van der Waals surface area contributed by atoms with Crippen LogP contribution in [0.4, 0.5) is 0 Å². The number of carbonyl (C=O) groups excluding carboxylic acids is 1. The monoisotopic (exact) mass is 340 g/mol. The van der Waals surface area contributed by atoms with Gasteiger partial charge >= 0.3 is 0 Å². The van der Waals surface area contributed by atoms with Gasteiger partial charge in [-0.3, -0.25) is 9.78 Å². The van der Waals surface area contributed by atoms with E-state index in [1.807, 2.05) is 25.1 Å². The standard InChI is InChI=1S/C14H13BrN2O.ClH/c1-10-2-3-13(15)8-12(10)9-17-14(18)11-4-6-16-7-5-11;/h2-8H,9H2,1H3,(H,17,18);1H. The Hall–Kier alpha value is -1.39. The third kappa shape index (κ3) is 4.33. The van der Waals surface area contributed by atoms with Crippen LogP contribution in [0.5, 0.6) is 0 Å². The molecule has 3 nitrogen and oxygen atoms in total. The summed E-state index contributed by atoms with van der Waals surface area (Å²) in [5.41, 5.74) is 2.89. The molecule has 2 rings (SSSR count). The number of amides is 1. The molecule has 0 unspecified atom stereocenters. The van der Waals surface area contributed by atoms with Gasteiger partial charge in [0.2, 0.25) is 0 Å². The Morgan fingerprint density at radius 2 is 1.95 bits per heavy atom. The van der Waals surface area contributed by atoms with E-state index in [0.29, 0.717) is 12.1 Å². The molecule has 0 atom stereocenters. The normalized spacial score (nSPS) is 9.58. The quantitative estimate of drug-likeness (QED) is 0.928. The summed E-state index contributed by atoms with van der Waals surface area (Å²) in [5, 5.41) is 2.90. The summed E-state index contributed by atoms with van der Waals surface area (Å²) in [6.07, 6.45) is 3.22. The average Bonchev–Trinajstić information content (AvgIpc) is 2.40. The van der Waals surface area contributed by atoms with E-state index in [4.69, 9.17) is 0 Å². The molecule has 0 aliphatic carbocycles. The number of nitrogens with zero attached hydrogens (tertiary/aromatic N) is 1. The smallest absolute Gasteiger partial charge is 0.251 e. The molecule has 0 bridgehead atoms. The maximum Gasteiger partial charge on any atom is 0.251 e. The Labute approximate surface area is 127 Å². The highest BCUT2D eigenvalue weighted by Crippen LogP contribution is 2.15. The molecule has 5 heteroatoms. The van der Waals surface area contributed by atoms with E-state index in [0.717, 1.165) is 15.6 Å². The third-order valence-electron chi connectivity index (χ3n) is 2.69. The first-order chi connectivity index (χ1) is 8.66. The van der Waals surface area contributed by atoms with Crippen molar-refractivity contribution in [2.45, 2.75) is 13.5 Å². The Morgan fingerprint density at radius 1 is 1.26 bits per heavy atom. The van der Waals surface area contributed by atoms with Crippen molar-refractivity contribution in [1.82, 2.24) is 10.3 Å². The van der Waals surface area contributed by atoms with Crippen LogP contribution in [-0.4, -0.2) is 10.9 Å². The number of rotatable bonds is 3. The van der Waals surface area contributed by atoms with Gasteiger partial charge in [0.25, 0.3) is 5.91 Å². The lowest BCUT2D eigenvalue weighted by molar-refractivity contribution is 0.0951. The number of benzene rings is 1. The topological polar surface area (TPSA) is 42.0 Å². The molecule has 1 N–H and O–H groups in total. The molecule has 0 radical (unpaired) electrons. The van der Waals surface area contributed by atoms with Crippen molar-refractivity contribution in [2.24, 2.45) is 0 Å². The first-order valence-electron chi connectivity index (χ1n) is 5.60. The van der Waals surface area contributed by atoms with E-state index < -0.39 is 0 Å². The van der Waals surface area contributed by atoms with Crippen LogP contribution in [0.3, 0.4) is 0 Å². The van der Waals surface area contributed by atoms with E-state index in [9.17, 15) is 4.79 Å². The summed E-state index contributed by atoms with van der Waals surface area (Å²) in [4.78, 5) is 15.7. The average molecular weight is 342 g/mol. The van der Waals surface area contributed by atoms with Gasteiger partial charge in [0.1, 0.15) is 0 Å². The third-order valence-corrected chi connectivity index (χ3v) is 3.19. The zero-order chi connectivity index (χ0) is 13.0. The first-order valence-corrected chi connectivity index (χ1v) is 6.39. The summed E-state index contributed by atoms with van der Waals surface area (Å²) in [7, 11) is 0. The Kier molecular flexibility index (Phi) is 5.99. The molecule has 0 aliphatic rings. The molecule has 19 heavy (non-hydrogen) atoms. The number of hydrogen-bond donors (Lipinski definition) is 1. The first kappa shape index (κ1) is 15.7. The zero-order valence-electron chi connectivity index (χ0n) is 10.4. The molecule has 100 valence electrons. The molecule has 0 spiro atoms. The van der Waals surface area contributed by atoms with Crippen LogP contribution in [-0.2, 0) is 6.54 Å². The predicted molar refractivity (Wildman–Crippen MR) is 81.5 cm³/mol. The van der Waals surface area contributed by atoms with Gasteiger partial charge in [0.05, 0.1) is 0 Å². The van der Waals surface area contributed by atoms with Crippen LogP contribution in [0.15, 0.2) is 47.2 Å². The maximum atomic E-state index is 11.9. The number of hydrogen-bond acceptors (Lipinski definition) is 2. The van der Waals surface area contributed by atoms with Crippen LogP contribution in [0, 0.1) is 6.92 Å².